The molecule has 0 aromatic heterocycles. The zero-order valence-electron chi connectivity index (χ0n) is 16.5. The van der Waals surface area contributed by atoms with Crippen LogP contribution in [-0.2, 0) is 4.79 Å². The van der Waals surface area contributed by atoms with Crippen LogP contribution in [0.2, 0.25) is 0 Å². The highest BCUT2D eigenvalue weighted by Crippen LogP contribution is 2.24. The lowest BCUT2D eigenvalue weighted by molar-refractivity contribution is -0.125. The normalized spacial score (nSPS) is 13.7. The smallest absolute Gasteiger partial charge is 0.224 e. The van der Waals surface area contributed by atoms with Crippen LogP contribution in [0.3, 0.4) is 0 Å². The molecule has 24 heavy (non-hydrogen) atoms. The first-order valence-electron chi connectivity index (χ1n) is 10.6. The quantitative estimate of drug-likeness (QED) is 0.223. The molecule has 0 saturated carbocycles. The zero-order valence-corrected chi connectivity index (χ0v) is 17.3. The summed E-state index contributed by atoms with van der Waals surface area (Å²) in [6.07, 6.45) is 17.2. The van der Waals surface area contributed by atoms with Gasteiger partial charge in [-0.3, -0.25) is 4.79 Å². The van der Waals surface area contributed by atoms with E-state index in [-0.39, 0.29) is 17.2 Å². The van der Waals surface area contributed by atoms with Crippen LogP contribution in [0.15, 0.2) is 0 Å². The molecule has 0 heterocycles. The fourth-order valence-corrected chi connectivity index (χ4v) is 3.64. The molecule has 0 rings (SSSR count). The molecule has 144 valence electrons. The monoisotopic (exact) mass is 359 g/mol. The van der Waals surface area contributed by atoms with Crippen molar-refractivity contribution >= 4 is 17.5 Å². The van der Waals surface area contributed by atoms with Gasteiger partial charge < -0.3 is 5.32 Å². The van der Waals surface area contributed by atoms with E-state index in [9.17, 15) is 4.79 Å². The second kappa shape index (κ2) is 17.6. The number of hydrogen-bond donors (Lipinski definition) is 1. The lowest BCUT2D eigenvalue weighted by Crippen LogP contribution is -2.35. The van der Waals surface area contributed by atoms with Crippen LogP contribution in [0.25, 0.3) is 0 Å². The minimum Gasteiger partial charge on any atom is -0.356 e. The zero-order chi connectivity index (χ0) is 18.0. The van der Waals surface area contributed by atoms with Gasteiger partial charge in [-0.15, -0.1) is 11.6 Å². The van der Waals surface area contributed by atoms with E-state index in [2.05, 4.69) is 19.2 Å². The van der Waals surface area contributed by atoms with Crippen molar-refractivity contribution in [2.45, 2.75) is 116 Å². The molecule has 2 unspecified atom stereocenters. The maximum atomic E-state index is 12.3. The summed E-state index contributed by atoms with van der Waals surface area (Å²) >= 11 is 6.62. The molecule has 0 aliphatic heterocycles. The van der Waals surface area contributed by atoms with Crippen molar-refractivity contribution < 1.29 is 4.79 Å². The van der Waals surface area contributed by atoms with Gasteiger partial charge in [-0.2, -0.15) is 0 Å². The molecular formula is C21H42ClNO. The summed E-state index contributed by atoms with van der Waals surface area (Å²) in [5, 5.41) is 2.98. The van der Waals surface area contributed by atoms with Gasteiger partial charge in [-0.1, -0.05) is 90.9 Å². The van der Waals surface area contributed by atoms with Gasteiger partial charge in [-0.25, -0.2) is 0 Å². The number of halogens is 1. The summed E-state index contributed by atoms with van der Waals surface area (Å²) in [4.78, 5) is 12.3. The maximum absolute atomic E-state index is 12.3. The Kier molecular flexibility index (Phi) is 17.4. The Morgan fingerprint density at radius 1 is 0.750 bits per heavy atom. The Balaban J connectivity index is 4.06. The summed E-state index contributed by atoms with van der Waals surface area (Å²) < 4.78 is 0. The maximum Gasteiger partial charge on any atom is 0.224 e. The highest BCUT2D eigenvalue weighted by Gasteiger charge is 2.25. The third-order valence-corrected chi connectivity index (χ3v) is 5.35. The molecule has 0 aliphatic carbocycles. The van der Waals surface area contributed by atoms with Crippen LogP contribution < -0.4 is 5.32 Å². The van der Waals surface area contributed by atoms with Crippen LogP contribution in [0.5, 0.6) is 0 Å². The van der Waals surface area contributed by atoms with Gasteiger partial charge >= 0.3 is 0 Å². The number of nitrogens with one attached hydrogen (secondary N) is 1. The Hall–Kier alpha value is -0.240. The lowest BCUT2D eigenvalue weighted by Gasteiger charge is -2.21. The van der Waals surface area contributed by atoms with Gasteiger partial charge in [-0.05, 0) is 19.8 Å². The Morgan fingerprint density at radius 3 is 1.71 bits per heavy atom. The molecule has 3 heteroatoms. The van der Waals surface area contributed by atoms with Crippen molar-refractivity contribution in [2.24, 2.45) is 5.92 Å². The molecular weight excluding hydrogens is 318 g/mol. The molecule has 2 nitrogen and oxygen atoms in total. The van der Waals surface area contributed by atoms with Crippen LogP contribution in [0.4, 0.5) is 0 Å². The fraction of sp³-hybridized carbons (Fsp3) is 0.952. The first-order chi connectivity index (χ1) is 11.7. The number of alkyl halides is 1. The van der Waals surface area contributed by atoms with Crippen molar-refractivity contribution in [3.8, 4) is 0 Å². The van der Waals surface area contributed by atoms with E-state index in [4.69, 9.17) is 11.6 Å². The van der Waals surface area contributed by atoms with E-state index in [1.807, 2.05) is 6.92 Å². The minimum absolute atomic E-state index is 0.00151. The van der Waals surface area contributed by atoms with Crippen LogP contribution in [0.1, 0.15) is 111 Å². The van der Waals surface area contributed by atoms with E-state index in [0.717, 1.165) is 25.7 Å². The predicted molar refractivity (Wildman–Crippen MR) is 108 cm³/mol. The van der Waals surface area contributed by atoms with E-state index >= 15 is 0 Å². The molecule has 0 fully saturated rings. The third kappa shape index (κ3) is 13.1. The van der Waals surface area contributed by atoms with Crippen molar-refractivity contribution in [1.82, 2.24) is 5.32 Å². The average molecular weight is 360 g/mol. The molecule has 2 atom stereocenters. The second-order valence-corrected chi connectivity index (χ2v) is 7.69. The largest absolute Gasteiger partial charge is 0.356 e. The number of unbranched alkanes of at least 4 members (excludes halogenated alkanes) is 10. The van der Waals surface area contributed by atoms with Crippen molar-refractivity contribution in [2.75, 3.05) is 6.54 Å². The highest BCUT2D eigenvalue weighted by atomic mass is 35.5. The number of amides is 1. The van der Waals surface area contributed by atoms with Gasteiger partial charge in [0, 0.05) is 11.9 Å². The number of carbonyl (C=O) groups is 1. The first-order valence-corrected chi connectivity index (χ1v) is 11.0. The third-order valence-electron chi connectivity index (χ3n) is 4.83. The van der Waals surface area contributed by atoms with Gasteiger partial charge in [0.15, 0.2) is 0 Å². The highest BCUT2D eigenvalue weighted by molar-refractivity contribution is 6.22. The molecule has 0 aliphatic rings. The first kappa shape index (κ1) is 23.8. The molecule has 0 saturated heterocycles. The summed E-state index contributed by atoms with van der Waals surface area (Å²) in [5.41, 5.74) is 0. The molecule has 1 amide bonds. The SMILES string of the molecule is CCCCCCCCC(Cl)C(CCCCCCCC)C(=O)NCC. The van der Waals surface area contributed by atoms with E-state index in [1.165, 1.54) is 64.2 Å². The number of hydrogen-bond acceptors (Lipinski definition) is 1. The van der Waals surface area contributed by atoms with Gasteiger partial charge in [0.1, 0.15) is 0 Å². The minimum atomic E-state index is -0.00608. The summed E-state index contributed by atoms with van der Waals surface area (Å²) in [6.45, 7) is 7.17. The molecule has 0 radical (unpaired) electrons. The van der Waals surface area contributed by atoms with E-state index in [1.54, 1.807) is 0 Å². The topological polar surface area (TPSA) is 29.1 Å². The van der Waals surface area contributed by atoms with Gasteiger partial charge in [0.25, 0.3) is 0 Å². The summed E-state index contributed by atoms with van der Waals surface area (Å²) in [6, 6.07) is 0. The van der Waals surface area contributed by atoms with Crippen LogP contribution >= 0.6 is 11.6 Å². The van der Waals surface area contributed by atoms with Crippen LogP contribution in [0, 0.1) is 5.92 Å². The van der Waals surface area contributed by atoms with E-state index in [0.29, 0.717) is 6.54 Å². The standard InChI is InChI=1S/C21H42ClNO/c1-4-7-9-11-13-15-17-19(21(24)23-6-3)20(22)18-16-14-12-10-8-5-2/h19-20H,4-18H2,1-3H3,(H,23,24). The lowest BCUT2D eigenvalue weighted by atomic mass is 9.92. The van der Waals surface area contributed by atoms with Gasteiger partial charge in [0.05, 0.1) is 5.92 Å². The summed E-state index contributed by atoms with van der Waals surface area (Å²) in [5.74, 6) is 0.158. The van der Waals surface area contributed by atoms with E-state index < -0.39 is 0 Å². The molecule has 1 N–H and O–H groups in total. The Labute approximate surface area is 156 Å². The molecule has 0 spiro atoms. The Bertz CT molecular complexity index is 283. The molecule has 0 aromatic rings. The van der Waals surface area contributed by atoms with Crippen molar-refractivity contribution in [3.63, 3.8) is 0 Å². The molecule has 0 bridgehead atoms. The van der Waals surface area contributed by atoms with Gasteiger partial charge in [0.2, 0.25) is 5.91 Å². The second-order valence-electron chi connectivity index (χ2n) is 7.13. The fourth-order valence-electron chi connectivity index (χ4n) is 3.25. The molecule has 0 aromatic carbocycles. The average Bonchev–Trinajstić information content (AvgIpc) is 2.57. The Morgan fingerprint density at radius 2 is 1.21 bits per heavy atom. The number of carbonyl (C=O) groups excluding carboxylic acids is 1. The van der Waals surface area contributed by atoms with Crippen molar-refractivity contribution in [1.29, 1.82) is 0 Å². The predicted octanol–water partition coefficient (Wildman–Crippen LogP) is 6.85. The van der Waals surface area contributed by atoms with Crippen molar-refractivity contribution in [3.05, 3.63) is 0 Å². The summed E-state index contributed by atoms with van der Waals surface area (Å²) in [7, 11) is 0. The number of rotatable bonds is 17. The van der Waals surface area contributed by atoms with Crippen LogP contribution in [-0.4, -0.2) is 17.8 Å².